The van der Waals surface area contributed by atoms with Crippen molar-refractivity contribution in [2.75, 3.05) is 5.32 Å². The van der Waals surface area contributed by atoms with Gasteiger partial charge in [-0.2, -0.15) is 0 Å². The highest BCUT2D eigenvalue weighted by Crippen LogP contribution is 2.30. The van der Waals surface area contributed by atoms with Gasteiger partial charge in [0.25, 0.3) is 5.91 Å². The van der Waals surface area contributed by atoms with Gasteiger partial charge in [-0.05, 0) is 60.4 Å². The molecular formula is C20H21NO4S. The van der Waals surface area contributed by atoms with Gasteiger partial charge in [0.15, 0.2) is 9.84 Å². The molecule has 1 aliphatic heterocycles. The third-order valence-electron chi connectivity index (χ3n) is 5.17. The van der Waals surface area contributed by atoms with Crippen molar-refractivity contribution < 1.29 is 17.9 Å². The monoisotopic (exact) mass is 371 g/mol. The van der Waals surface area contributed by atoms with Gasteiger partial charge in [-0.3, -0.25) is 4.79 Å². The zero-order valence-corrected chi connectivity index (χ0v) is 15.2. The molecule has 0 radical (unpaired) electrons. The molecule has 1 aliphatic carbocycles. The van der Waals surface area contributed by atoms with E-state index in [1.165, 1.54) is 0 Å². The fourth-order valence-corrected chi connectivity index (χ4v) is 5.49. The Bertz CT molecular complexity index is 929. The molecule has 2 aliphatic rings. The van der Waals surface area contributed by atoms with Crippen molar-refractivity contribution in [1.29, 1.82) is 0 Å². The molecule has 0 aromatic heterocycles. The standard InChI is InChI=1S/C20H21NO4S/c22-20(14-5-6-15-12-25-13-16(15)11-14)21-17-7-9-19(10-8-17)26(23,24)18-3-1-2-4-18/h5-11,18H,1-4,12-13H2,(H,21,22). The van der Waals surface area contributed by atoms with Gasteiger partial charge < -0.3 is 10.1 Å². The van der Waals surface area contributed by atoms with Crippen LogP contribution in [0.1, 0.15) is 47.2 Å². The fourth-order valence-electron chi connectivity index (χ4n) is 3.64. The van der Waals surface area contributed by atoms with Crippen LogP contribution in [0.5, 0.6) is 0 Å². The minimum Gasteiger partial charge on any atom is -0.372 e. The molecule has 2 aromatic carbocycles. The summed E-state index contributed by atoms with van der Waals surface area (Å²) < 4.78 is 30.6. The number of sulfone groups is 1. The number of amides is 1. The second kappa shape index (κ2) is 6.85. The van der Waals surface area contributed by atoms with E-state index in [4.69, 9.17) is 4.74 Å². The first-order chi connectivity index (χ1) is 12.5. The third-order valence-corrected chi connectivity index (χ3v) is 7.44. The summed E-state index contributed by atoms with van der Waals surface area (Å²) in [7, 11) is -3.27. The highest BCUT2D eigenvalue weighted by molar-refractivity contribution is 7.92. The number of carbonyl (C=O) groups excluding carboxylic acids is 1. The summed E-state index contributed by atoms with van der Waals surface area (Å²) >= 11 is 0. The molecule has 0 spiro atoms. The molecule has 1 fully saturated rings. The Morgan fingerprint density at radius 3 is 2.38 bits per heavy atom. The number of nitrogens with one attached hydrogen (secondary N) is 1. The van der Waals surface area contributed by atoms with Gasteiger partial charge in [-0.15, -0.1) is 0 Å². The van der Waals surface area contributed by atoms with Crippen LogP contribution in [0.15, 0.2) is 47.4 Å². The summed E-state index contributed by atoms with van der Waals surface area (Å²) in [6.07, 6.45) is 3.43. The lowest BCUT2D eigenvalue weighted by Crippen LogP contribution is -2.18. The van der Waals surface area contributed by atoms with Gasteiger partial charge in [-0.25, -0.2) is 8.42 Å². The summed E-state index contributed by atoms with van der Waals surface area (Å²) in [6, 6.07) is 12.0. The Hall–Kier alpha value is -2.18. The first-order valence-corrected chi connectivity index (χ1v) is 10.4. The molecular weight excluding hydrogens is 350 g/mol. The van der Waals surface area contributed by atoms with Crippen LogP contribution in [-0.4, -0.2) is 19.6 Å². The van der Waals surface area contributed by atoms with Gasteiger partial charge in [-0.1, -0.05) is 18.9 Å². The number of carbonyl (C=O) groups is 1. The minimum absolute atomic E-state index is 0.217. The molecule has 5 nitrogen and oxygen atoms in total. The maximum absolute atomic E-state index is 12.6. The van der Waals surface area contributed by atoms with Crippen LogP contribution in [0.4, 0.5) is 5.69 Å². The lowest BCUT2D eigenvalue weighted by molar-refractivity contribution is 0.102. The molecule has 1 N–H and O–H groups in total. The van der Waals surface area contributed by atoms with Crippen molar-refractivity contribution >= 4 is 21.4 Å². The summed E-state index contributed by atoms with van der Waals surface area (Å²) in [5, 5.41) is 2.56. The van der Waals surface area contributed by atoms with E-state index in [-0.39, 0.29) is 11.2 Å². The van der Waals surface area contributed by atoms with Crippen LogP contribution in [0.3, 0.4) is 0 Å². The molecule has 6 heteroatoms. The number of hydrogen-bond acceptors (Lipinski definition) is 4. The Morgan fingerprint density at radius 1 is 0.962 bits per heavy atom. The predicted molar refractivity (Wildman–Crippen MR) is 98.8 cm³/mol. The Morgan fingerprint density at radius 2 is 1.65 bits per heavy atom. The highest BCUT2D eigenvalue weighted by Gasteiger charge is 2.30. The number of ether oxygens (including phenoxy) is 1. The fraction of sp³-hybridized carbons (Fsp3) is 0.350. The average molecular weight is 371 g/mol. The van der Waals surface area contributed by atoms with Crippen molar-refractivity contribution in [2.24, 2.45) is 0 Å². The van der Waals surface area contributed by atoms with Crippen LogP contribution in [-0.2, 0) is 27.8 Å². The van der Waals surface area contributed by atoms with Crippen molar-refractivity contribution in [3.05, 3.63) is 59.2 Å². The smallest absolute Gasteiger partial charge is 0.255 e. The largest absolute Gasteiger partial charge is 0.372 e. The summed E-state index contributed by atoms with van der Waals surface area (Å²) in [5.74, 6) is -0.217. The summed E-state index contributed by atoms with van der Waals surface area (Å²) in [5.41, 5.74) is 3.30. The van der Waals surface area contributed by atoms with E-state index in [0.29, 0.717) is 29.4 Å². The normalized spacial score (nSPS) is 17.2. The van der Waals surface area contributed by atoms with Gasteiger partial charge in [0.1, 0.15) is 0 Å². The van der Waals surface area contributed by atoms with E-state index < -0.39 is 9.84 Å². The topological polar surface area (TPSA) is 72.5 Å². The van der Waals surface area contributed by atoms with Gasteiger partial charge >= 0.3 is 0 Å². The van der Waals surface area contributed by atoms with E-state index in [0.717, 1.165) is 36.8 Å². The van der Waals surface area contributed by atoms with Gasteiger partial charge in [0.05, 0.1) is 23.4 Å². The van der Waals surface area contributed by atoms with Crippen LogP contribution >= 0.6 is 0 Å². The van der Waals surface area contributed by atoms with Crippen molar-refractivity contribution in [3.63, 3.8) is 0 Å². The lowest BCUT2D eigenvalue weighted by atomic mass is 10.1. The molecule has 0 atom stereocenters. The van der Waals surface area contributed by atoms with Crippen LogP contribution in [0.2, 0.25) is 0 Å². The van der Waals surface area contributed by atoms with Gasteiger partial charge in [0, 0.05) is 11.3 Å². The molecule has 4 rings (SSSR count). The average Bonchev–Trinajstić information content (AvgIpc) is 3.33. The molecule has 0 bridgehead atoms. The quantitative estimate of drug-likeness (QED) is 0.890. The third kappa shape index (κ3) is 3.27. The summed E-state index contributed by atoms with van der Waals surface area (Å²) in [6.45, 7) is 1.12. The van der Waals surface area contributed by atoms with Crippen molar-refractivity contribution in [1.82, 2.24) is 0 Å². The first kappa shape index (κ1) is 17.2. The molecule has 0 unspecified atom stereocenters. The van der Waals surface area contributed by atoms with E-state index in [2.05, 4.69) is 5.32 Å². The molecule has 0 saturated heterocycles. The maximum atomic E-state index is 12.6. The van der Waals surface area contributed by atoms with Crippen LogP contribution < -0.4 is 5.32 Å². The number of benzene rings is 2. The zero-order valence-electron chi connectivity index (χ0n) is 14.4. The minimum atomic E-state index is -3.27. The predicted octanol–water partition coefficient (Wildman–Crippen LogP) is 3.69. The van der Waals surface area contributed by atoms with Gasteiger partial charge in [0.2, 0.25) is 0 Å². The Balaban J connectivity index is 1.48. The molecule has 1 saturated carbocycles. The molecule has 2 aromatic rings. The first-order valence-electron chi connectivity index (χ1n) is 8.89. The highest BCUT2D eigenvalue weighted by atomic mass is 32.2. The molecule has 136 valence electrons. The van der Waals surface area contributed by atoms with Crippen molar-refractivity contribution in [2.45, 2.75) is 49.0 Å². The molecule has 1 heterocycles. The Labute approximate surface area is 153 Å². The van der Waals surface area contributed by atoms with E-state index in [9.17, 15) is 13.2 Å². The van der Waals surface area contributed by atoms with Crippen LogP contribution in [0, 0.1) is 0 Å². The molecule has 26 heavy (non-hydrogen) atoms. The SMILES string of the molecule is O=C(Nc1ccc(S(=O)(=O)C2CCCC2)cc1)c1ccc2c(c1)COC2. The maximum Gasteiger partial charge on any atom is 0.255 e. The van der Waals surface area contributed by atoms with E-state index in [1.807, 2.05) is 12.1 Å². The zero-order chi connectivity index (χ0) is 18.1. The number of fused-ring (bicyclic) bond motifs is 1. The number of anilines is 1. The van der Waals surface area contributed by atoms with E-state index >= 15 is 0 Å². The van der Waals surface area contributed by atoms with Crippen LogP contribution in [0.25, 0.3) is 0 Å². The summed E-state index contributed by atoms with van der Waals surface area (Å²) in [4.78, 5) is 12.8. The second-order valence-electron chi connectivity index (χ2n) is 6.91. The van der Waals surface area contributed by atoms with E-state index in [1.54, 1.807) is 30.3 Å². The Kier molecular flexibility index (Phi) is 4.54. The second-order valence-corrected chi connectivity index (χ2v) is 9.13. The number of hydrogen-bond donors (Lipinski definition) is 1. The molecule has 1 amide bonds. The van der Waals surface area contributed by atoms with Crippen molar-refractivity contribution in [3.8, 4) is 0 Å². The lowest BCUT2D eigenvalue weighted by Gasteiger charge is -2.12. The number of rotatable bonds is 4.